The van der Waals surface area contributed by atoms with Gasteiger partial charge in [-0.2, -0.15) is 16.8 Å². The van der Waals surface area contributed by atoms with Crippen LogP contribution in [0, 0.1) is 11.8 Å². The lowest BCUT2D eigenvalue weighted by molar-refractivity contribution is 0.0669. The third-order valence-electron chi connectivity index (χ3n) is 3.43. The minimum atomic E-state index is -3.95. The number of ether oxygens (including phenoxy) is 1. The van der Waals surface area contributed by atoms with E-state index in [1.807, 2.05) is 13.8 Å². The van der Waals surface area contributed by atoms with Gasteiger partial charge < -0.3 is 4.74 Å². The van der Waals surface area contributed by atoms with Crippen LogP contribution in [0.15, 0.2) is 0 Å². The topological polar surface area (TPSA) is 118 Å². The van der Waals surface area contributed by atoms with Gasteiger partial charge in [0, 0.05) is 13.2 Å². The van der Waals surface area contributed by atoms with Crippen molar-refractivity contribution in [3.63, 3.8) is 0 Å². The number of hydrogen-bond acceptors (Lipinski definition) is 5. The molecule has 0 rings (SSSR count). The molecule has 0 fully saturated rings. The first-order valence-electron chi connectivity index (χ1n) is 7.05. The standard InChI is InChI=1S/C12H26O7S2/c1-3-11(5-7-20(13,14)15)9-19-10-12(4-2)6-8-21(16,17)18/h11-12H,3-10H2,1-2H3,(H,13,14,15)(H,16,17,18). The Bertz CT molecular complexity index is 426. The monoisotopic (exact) mass is 346 g/mol. The van der Waals surface area contributed by atoms with Gasteiger partial charge in [-0.15, -0.1) is 0 Å². The number of hydrogen-bond donors (Lipinski definition) is 2. The third-order valence-corrected chi connectivity index (χ3v) is 4.93. The van der Waals surface area contributed by atoms with Crippen LogP contribution in [0.3, 0.4) is 0 Å². The summed E-state index contributed by atoms with van der Waals surface area (Å²) in [4.78, 5) is 0. The highest BCUT2D eigenvalue weighted by Gasteiger charge is 2.15. The molecule has 2 atom stereocenters. The molecule has 0 aromatic carbocycles. The molecule has 128 valence electrons. The van der Waals surface area contributed by atoms with Crippen LogP contribution in [0.1, 0.15) is 39.5 Å². The summed E-state index contributed by atoms with van der Waals surface area (Å²) in [5.41, 5.74) is 0. The van der Waals surface area contributed by atoms with Crippen molar-refractivity contribution in [3.05, 3.63) is 0 Å². The molecule has 0 aliphatic carbocycles. The molecule has 0 aromatic rings. The van der Waals surface area contributed by atoms with E-state index >= 15 is 0 Å². The summed E-state index contributed by atoms with van der Waals surface area (Å²) < 4.78 is 65.7. The van der Waals surface area contributed by atoms with E-state index in [-0.39, 0.29) is 23.3 Å². The van der Waals surface area contributed by atoms with Crippen LogP contribution in [0.2, 0.25) is 0 Å². The van der Waals surface area contributed by atoms with Gasteiger partial charge in [0.25, 0.3) is 20.2 Å². The lowest BCUT2D eigenvalue weighted by Crippen LogP contribution is -2.19. The second kappa shape index (κ2) is 9.73. The molecule has 0 aliphatic heterocycles. The van der Waals surface area contributed by atoms with Crippen molar-refractivity contribution in [2.45, 2.75) is 39.5 Å². The fourth-order valence-corrected chi connectivity index (χ4v) is 3.11. The first-order valence-corrected chi connectivity index (χ1v) is 10.3. The summed E-state index contributed by atoms with van der Waals surface area (Å²) in [5.74, 6) is -0.499. The number of rotatable bonds is 12. The molecule has 0 heterocycles. The van der Waals surface area contributed by atoms with Crippen LogP contribution in [0.25, 0.3) is 0 Å². The SMILES string of the molecule is CCC(CCS(=O)(=O)O)COCC(CC)CCS(=O)(=O)O. The highest BCUT2D eigenvalue weighted by molar-refractivity contribution is 7.86. The molecule has 0 aromatic heterocycles. The Balaban J connectivity index is 4.06. The largest absolute Gasteiger partial charge is 0.381 e. The Labute approximate surface area is 127 Å². The van der Waals surface area contributed by atoms with Gasteiger partial charge in [-0.3, -0.25) is 9.11 Å². The fraction of sp³-hybridized carbons (Fsp3) is 1.00. The van der Waals surface area contributed by atoms with Crippen molar-refractivity contribution in [2.24, 2.45) is 11.8 Å². The van der Waals surface area contributed by atoms with Crippen molar-refractivity contribution in [1.82, 2.24) is 0 Å². The summed E-state index contributed by atoms with van der Waals surface area (Å²) in [6.45, 7) is 4.56. The predicted octanol–water partition coefficient (Wildman–Crippen LogP) is 1.61. The van der Waals surface area contributed by atoms with Crippen LogP contribution in [0.4, 0.5) is 0 Å². The van der Waals surface area contributed by atoms with Gasteiger partial charge >= 0.3 is 0 Å². The third kappa shape index (κ3) is 13.2. The minimum Gasteiger partial charge on any atom is -0.381 e. The van der Waals surface area contributed by atoms with Crippen LogP contribution in [0.5, 0.6) is 0 Å². The molecule has 0 saturated heterocycles. The molecule has 0 aliphatic rings. The van der Waals surface area contributed by atoms with E-state index < -0.39 is 20.2 Å². The van der Waals surface area contributed by atoms with E-state index in [4.69, 9.17) is 13.8 Å². The van der Waals surface area contributed by atoms with Crippen LogP contribution in [-0.4, -0.2) is 50.7 Å². The van der Waals surface area contributed by atoms with E-state index in [2.05, 4.69) is 0 Å². The van der Waals surface area contributed by atoms with Crippen molar-refractivity contribution in [1.29, 1.82) is 0 Å². The predicted molar refractivity (Wildman–Crippen MR) is 80.4 cm³/mol. The van der Waals surface area contributed by atoms with E-state index in [1.54, 1.807) is 0 Å². The van der Waals surface area contributed by atoms with Gasteiger partial charge in [0.05, 0.1) is 11.5 Å². The van der Waals surface area contributed by atoms with E-state index in [0.717, 1.165) is 12.8 Å². The van der Waals surface area contributed by atoms with E-state index in [1.165, 1.54) is 0 Å². The smallest absolute Gasteiger partial charge is 0.264 e. The summed E-state index contributed by atoms with van der Waals surface area (Å²) >= 11 is 0. The van der Waals surface area contributed by atoms with Crippen LogP contribution < -0.4 is 0 Å². The van der Waals surface area contributed by atoms with Crippen LogP contribution in [-0.2, 0) is 25.0 Å². The Morgan fingerprint density at radius 3 is 1.38 bits per heavy atom. The second-order valence-electron chi connectivity index (χ2n) is 5.24. The highest BCUT2D eigenvalue weighted by atomic mass is 32.2. The molecule has 2 unspecified atom stereocenters. The van der Waals surface area contributed by atoms with Crippen molar-refractivity contribution < 1.29 is 30.7 Å². The van der Waals surface area contributed by atoms with Gasteiger partial charge in [0.15, 0.2) is 0 Å². The lowest BCUT2D eigenvalue weighted by atomic mass is 10.0. The zero-order valence-corrected chi connectivity index (χ0v) is 14.2. The average molecular weight is 346 g/mol. The molecule has 9 heteroatoms. The molecule has 0 saturated carbocycles. The lowest BCUT2D eigenvalue weighted by Gasteiger charge is -2.18. The maximum Gasteiger partial charge on any atom is 0.264 e. The molecule has 0 spiro atoms. The van der Waals surface area contributed by atoms with E-state index in [9.17, 15) is 16.8 Å². The molecule has 0 bridgehead atoms. The van der Waals surface area contributed by atoms with Gasteiger partial charge in [-0.25, -0.2) is 0 Å². The van der Waals surface area contributed by atoms with Gasteiger partial charge in [-0.1, -0.05) is 26.7 Å². The molecule has 0 radical (unpaired) electrons. The zero-order chi connectivity index (χ0) is 16.5. The summed E-state index contributed by atoms with van der Waals surface area (Å²) in [6.07, 6.45) is 2.13. The van der Waals surface area contributed by atoms with Gasteiger partial charge in [-0.05, 0) is 24.7 Å². The second-order valence-corrected chi connectivity index (χ2v) is 8.38. The fourth-order valence-electron chi connectivity index (χ4n) is 1.84. The molecule has 21 heavy (non-hydrogen) atoms. The Hall–Kier alpha value is -0.220. The zero-order valence-electron chi connectivity index (χ0n) is 12.6. The Kier molecular flexibility index (Phi) is 9.63. The highest BCUT2D eigenvalue weighted by Crippen LogP contribution is 2.14. The molecular weight excluding hydrogens is 320 g/mol. The molecule has 0 amide bonds. The first-order chi connectivity index (χ1) is 9.57. The summed E-state index contributed by atoms with van der Waals surface area (Å²) in [7, 11) is -7.90. The summed E-state index contributed by atoms with van der Waals surface area (Å²) in [6, 6.07) is 0. The average Bonchev–Trinajstić information content (AvgIpc) is 2.34. The van der Waals surface area contributed by atoms with Crippen molar-refractivity contribution >= 4 is 20.2 Å². The quantitative estimate of drug-likeness (QED) is 0.515. The molecule has 2 N–H and O–H groups in total. The first kappa shape index (κ1) is 20.8. The summed E-state index contributed by atoms with van der Waals surface area (Å²) in [5, 5.41) is 0. The molecular formula is C12H26O7S2. The van der Waals surface area contributed by atoms with Gasteiger partial charge in [0.2, 0.25) is 0 Å². The van der Waals surface area contributed by atoms with Crippen LogP contribution >= 0.6 is 0 Å². The Morgan fingerprint density at radius 1 is 0.810 bits per heavy atom. The van der Waals surface area contributed by atoms with Crippen molar-refractivity contribution in [3.8, 4) is 0 Å². The maximum atomic E-state index is 10.7. The van der Waals surface area contributed by atoms with Gasteiger partial charge in [0.1, 0.15) is 0 Å². The normalized spacial score (nSPS) is 15.8. The van der Waals surface area contributed by atoms with E-state index in [0.29, 0.717) is 26.1 Å². The van der Waals surface area contributed by atoms with Crippen molar-refractivity contribution in [2.75, 3.05) is 24.7 Å². The molecule has 7 nitrogen and oxygen atoms in total. The maximum absolute atomic E-state index is 10.7. The Morgan fingerprint density at radius 2 is 1.14 bits per heavy atom. The minimum absolute atomic E-state index is 0.0333.